The first kappa shape index (κ1) is 23.2. The summed E-state index contributed by atoms with van der Waals surface area (Å²) in [6, 6.07) is 4.19. The van der Waals surface area contributed by atoms with E-state index in [1.807, 2.05) is 0 Å². The number of phenolic OH excluding ortho intramolecular Hbond substituents is 1. The van der Waals surface area contributed by atoms with Gasteiger partial charge in [-0.3, -0.25) is 14.4 Å². The van der Waals surface area contributed by atoms with Gasteiger partial charge in [-0.05, 0) is 24.6 Å². The predicted octanol–water partition coefficient (Wildman–Crippen LogP) is 1.90. The predicted molar refractivity (Wildman–Crippen MR) is 107 cm³/mol. The molecule has 0 heterocycles. The Bertz CT molecular complexity index is 842. The number of aliphatic hydroxyl groups is 1. The van der Waals surface area contributed by atoms with E-state index in [0.29, 0.717) is 5.56 Å². The first-order valence-electron chi connectivity index (χ1n) is 9.35. The van der Waals surface area contributed by atoms with Crippen LogP contribution >= 0.6 is 0 Å². The van der Waals surface area contributed by atoms with E-state index in [9.17, 15) is 24.6 Å². The molecule has 8 nitrogen and oxygen atoms in total. The van der Waals surface area contributed by atoms with Crippen LogP contribution in [0, 0.1) is 11.8 Å². The molecule has 0 saturated heterocycles. The number of aromatic hydroxyl groups is 1. The Morgan fingerprint density at radius 2 is 1.80 bits per heavy atom. The number of phenols is 1. The molecule has 0 radical (unpaired) electrons. The highest BCUT2D eigenvalue weighted by molar-refractivity contribution is 6.02. The van der Waals surface area contributed by atoms with Gasteiger partial charge in [0.05, 0.1) is 18.6 Å². The molecule has 1 aromatic carbocycles. The molecular formula is C22H26O8. The summed E-state index contributed by atoms with van der Waals surface area (Å²) >= 11 is 0. The number of esters is 2. The van der Waals surface area contributed by atoms with Crippen molar-refractivity contribution in [3.63, 3.8) is 0 Å². The molecule has 162 valence electrons. The van der Waals surface area contributed by atoms with Crippen molar-refractivity contribution in [1.82, 2.24) is 0 Å². The van der Waals surface area contributed by atoms with E-state index in [4.69, 9.17) is 14.2 Å². The van der Waals surface area contributed by atoms with Gasteiger partial charge in [0.25, 0.3) is 0 Å². The molecule has 0 aromatic heterocycles. The van der Waals surface area contributed by atoms with Gasteiger partial charge >= 0.3 is 11.9 Å². The Balaban J connectivity index is 2.64. The van der Waals surface area contributed by atoms with E-state index in [1.165, 1.54) is 44.4 Å². The number of Topliss-reactive ketones (excluding diaryl/α,β-unsaturated/α-hetero) is 1. The maximum Gasteiger partial charge on any atom is 0.317 e. The third-order valence-corrected chi connectivity index (χ3v) is 5.05. The van der Waals surface area contributed by atoms with Crippen LogP contribution in [0.1, 0.15) is 24.8 Å². The standard InChI is InChI=1S/C22H26O8/c1-5-9-29-20(25)18-15(24)12-22(3,27)19(21(26)30-10-6-2)17(18)13-7-8-14(23)16(11-13)28-4/h5-8,11,17-19,23,27H,1-2,9-10,12H2,3-4H3/t17-,18-,19-,22+/m1/s1. The van der Waals surface area contributed by atoms with Crippen LogP contribution in [0.5, 0.6) is 11.5 Å². The van der Waals surface area contributed by atoms with E-state index < -0.39 is 47.5 Å². The summed E-state index contributed by atoms with van der Waals surface area (Å²) < 4.78 is 15.4. The molecule has 0 unspecified atom stereocenters. The fourth-order valence-electron chi connectivity index (χ4n) is 3.78. The molecule has 1 aliphatic carbocycles. The van der Waals surface area contributed by atoms with Crippen molar-refractivity contribution in [3.05, 3.63) is 49.1 Å². The number of carbonyl (C=O) groups excluding carboxylic acids is 3. The van der Waals surface area contributed by atoms with Crippen molar-refractivity contribution in [2.45, 2.75) is 24.9 Å². The molecule has 8 heteroatoms. The third-order valence-electron chi connectivity index (χ3n) is 5.05. The van der Waals surface area contributed by atoms with E-state index in [-0.39, 0.29) is 24.7 Å². The van der Waals surface area contributed by atoms with Gasteiger partial charge in [0.1, 0.15) is 19.1 Å². The first-order valence-corrected chi connectivity index (χ1v) is 9.35. The van der Waals surface area contributed by atoms with Gasteiger partial charge in [-0.2, -0.15) is 0 Å². The molecule has 0 bridgehead atoms. The lowest BCUT2D eigenvalue weighted by atomic mass is 9.61. The number of benzene rings is 1. The first-order chi connectivity index (χ1) is 14.2. The minimum Gasteiger partial charge on any atom is -0.504 e. The highest BCUT2D eigenvalue weighted by Gasteiger charge is 2.57. The Morgan fingerprint density at radius 3 is 2.37 bits per heavy atom. The highest BCUT2D eigenvalue weighted by Crippen LogP contribution is 2.48. The average molecular weight is 418 g/mol. The Kier molecular flexibility index (Phi) is 7.39. The summed E-state index contributed by atoms with van der Waals surface area (Å²) in [6.45, 7) is 8.10. The van der Waals surface area contributed by atoms with E-state index in [2.05, 4.69) is 13.2 Å². The van der Waals surface area contributed by atoms with Gasteiger partial charge in [-0.25, -0.2) is 0 Å². The number of hydrogen-bond donors (Lipinski definition) is 2. The van der Waals surface area contributed by atoms with Crippen molar-refractivity contribution in [1.29, 1.82) is 0 Å². The van der Waals surface area contributed by atoms with Crippen molar-refractivity contribution >= 4 is 17.7 Å². The fraction of sp³-hybridized carbons (Fsp3) is 0.409. The Hall–Kier alpha value is -3.13. The van der Waals surface area contributed by atoms with Crippen LogP contribution in [-0.2, 0) is 23.9 Å². The zero-order valence-corrected chi connectivity index (χ0v) is 17.0. The second-order valence-corrected chi connectivity index (χ2v) is 7.25. The zero-order chi connectivity index (χ0) is 22.5. The summed E-state index contributed by atoms with van der Waals surface area (Å²) in [6.07, 6.45) is 2.30. The van der Waals surface area contributed by atoms with Gasteiger partial charge < -0.3 is 24.4 Å². The molecule has 0 spiro atoms. The largest absolute Gasteiger partial charge is 0.504 e. The molecule has 30 heavy (non-hydrogen) atoms. The van der Waals surface area contributed by atoms with Crippen molar-refractivity contribution in [2.75, 3.05) is 20.3 Å². The molecular weight excluding hydrogens is 392 g/mol. The second-order valence-electron chi connectivity index (χ2n) is 7.25. The van der Waals surface area contributed by atoms with Crippen LogP contribution < -0.4 is 4.74 Å². The minimum absolute atomic E-state index is 0.0848. The zero-order valence-electron chi connectivity index (χ0n) is 17.0. The van der Waals surface area contributed by atoms with Gasteiger partial charge in [-0.15, -0.1) is 0 Å². The molecule has 1 aromatic rings. The molecule has 1 aliphatic rings. The van der Waals surface area contributed by atoms with E-state index in [0.717, 1.165) is 0 Å². The molecule has 1 fully saturated rings. The average Bonchev–Trinajstić information content (AvgIpc) is 2.69. The number of carbonyl (C=O) groups is 3. The van der Waals surface area contributed by atoms with Gasteiger partial charge in [0, 0.05) is 12.3 Å². The lowest BCUT2D eigenvalue weighted by molar-refractivity contribution is -0.172. The van der Waals surface area contributed by atoms with Crippen LogP contribution in [0.3, 0.4) is 0 Å². The molecule has 0 aliphatic heterocycles. The maximum absolute atomic E-state index is 12.9. The van der Waals surface area contributed by atoms with Gasteiger partial charge in [-0.1, -0.05) is 31.4 Å². The summed E-state index contributed by atoms with van der Waals surface area (Å²) in [5, 5.41) is 20.9. The quantitative estimate of drug-likeness (QED) is 0.373. The van der Waals surface area contributed by atoms with E-state index in [1.54, 1.807) is 0 Å². The van der Waals surface area contributed by atoms with Crippen LogP contribution in [0.15, 0.2) is 43.5 Å². The third kappa shape index (κ3) is 4.71. The fourth-order valence-corrected chi connectivity index (χ4v) is 3.78. The SMILES string of the molecule is C=CCOC(=O)[C@@H]1C(=O)C[C@](C)(O)[C@@H](C(=O)OCC=C)[C@@H]1c1ccc(O)c(OC)c1. The highest BCUT2D eigenvalue weighted by atomic mass is 16.5. The molecule has 0 amide bonds. The normalized spacial score (nSPS) is 25.8. The molecule has 2 rings (SSSR count). The summed E-state index contributed by atoms with van der Waals surface area (Å²) in [7, 11) is 1.34. The smallest absolute Gasteiger partial charge is 0.317 e. The lowest BCUT2D eigenvalue weighted by Crippen LogP contribution is -2.55. The molecule has 4 atom stereocenters. The number of ketones is 1. The van der Waals surface area contributed by atoms with Gasteiger partial charge in [0.15, 0.2) is 17.3 Å². The van der Waals surface area contributed by atoms with Crippen LogP contribution in [0.25, 0.3) is 0 Å². The maximum atomic E-state index is 12.9. The Labute approximate surface area is 174 Å². The molecule has 2 N–H and O–H groups in total. The minimum atomic E-state index is -1.78. The van der Waals surface area contributed by atoms with Crippen LogP contribution in [-0.4, -0.2) is 53.9 Å². The monoisotopic (exact) mass is 418 g/mol. The van der Waals surface area contributed by atoms with Crippen LogP contribution in [0.4, 0.5) is 0 Å². The second kappa shape index (κ2) is 9.58. The summed E-state index contributed by atoms with van der Waals surface area (Å²) in [5.74, 6) is -6.00. The molecule has 1 saturated carbocycles. The summed E-state index contributed by atoms with van der Waals surface area (Å²) in [5.41, 5.74) is -1.44. The van der Waals surface area contributed by atoms with Crippen molar-refractivity contribution < 1.29 is 38.8 Å². The number of ether oxygens (including phenoxy) is 3. The van der Waals surface area contributed by atoms with Gasteiger partial charge in [0.2, 0.25) is 0 Å². The number of hydrogen-bond acceptors (Lipinski definition) is 8. The van der Waals surface area contributed by atoms with Crippen molar-refractivity contribution in [3.8, 4) is 11.5 Å². The van der Waals surface area contributed by atoms with E-state index >= 15 is 0 Å². The summed E-state index contributed by atoms with van der Waals surface area (Å²) in [4.78, 5) is 38.5. The lowest BCUT2D eigenvalue weighted by Gasteiger charge is -2.43. The Morgan fingerprint density at radius 1 is 1.20 bits per heavy atom. The topological polar surface area (TPSA) is 119 Å². The number of rotatable bonds is 8. The van der Waals surface area contributed by atoms with Crippen molar-refractivity contribution in [2.24, 2.45) is 11.8 Å². The number of methoxy groups -OCH3 is 1. The van der Waals surface area contributed by atoms with Crippen LogP contribution in [0.2, 0.25) is 0 Å².